The molecule has 2 heterocycles. The van der Waals surface area contributed by atoms with Crippen LogP contribution >= 0.6 is 23.2 Å². The molecule has 1 aromatic carbocycles. The minimum atomic E-state index is -3.31. The molecule has 1 aliphatic rings. The van der Waals surface area contributed by atoms with Crippen LogP contribution in [0.3, 0.4) is 0 Å². The van der Waals surface area contributed by atoms with Crippen LogP contribution in [0.1, 0.15) is 21.7 Å². The van der Waals surface area contributed by atoms with E-state index in [1.807, 2.05) is 0 Å². The molecular formula is C13H10Cl2N2O4S. The second kappa shape index (κ2) is 5.26. The standard InChI is InChI=1S/C13H10Cl2N2O4S/c14-7-1-2-11(9(15)5-7)17-10-3-4-22(20,21)6-8(10)12(16-17)13(18)19/h1-2,5H,3-4,6H2,(H,18,19). The van der Waals surface area contributed by atoms with E-state index in [0.29, 0.717) is 21.4 Å². The van der Waals surface area contributed by atoms with Gasteiger partial charge in [-0.1, -0.05) is 23.2 Å². The molecule has 0 radical (unpaired) electrons. The van der Waals surface area contributed by atoms with Crippen molar-refractivity contribution in [3.8, 4) is 5.69 Å². The molecule has 3 rings (SSSR count). The maximum Gasteiger partial charge on any atom is 0.356 e. The molecule has 6 nitrogen and oxygen atoms in total. The number of hydrogen-bond acceptors (Lipinski definition) is 4. The van der Waals surface area contributed by atoms with Crippen LogP contribution in [0.4, 0.5) is 0 Å². The van der Waals surface area contributed by atoms with Crippen LogP contribution in [0, 0.1) is 0 Å². The van der Waals surface area contributed by atoms with Crippen molar-refractivity contribution < 1.29 is 18.3 Å². The van der Waals surface area contributed by atoms with Crippen molar-refractivity contribution in [2.75, 3.05) is 5.75 Å². The molecule has 0 spiro atoms. The summed E-state index contributed by atoms with van der Waals surface area (Å²) in [6.45, 7) is 0. The van der Waals surface area contributed by atoms with Crippen LogP contribution in [0.15, 0.2) is 18.2 Å². The van der Waals surface area contributed by atoms with Crippen LogP contribution in [-0.2, 0) is 22.0 Å². The summed E-state index contributed by atoms with van der Waals surface area (Å²) in [5.41, 5.74) is 0.986. The number of aromatic carboxylic acids is 1. The molecule has 0 saturated carbocycles. The van der Waals surface area contributed by atoms with Crippen LogP contribution in [0.2, 0.25) is 10.0 Å². The van der Waals surface area contributed by atoms with Gasteiger partial charge in [0.25, 0.3) is 0 Å². The van der Waals surface area contributed by atoms with E-state index in [4.69, 9.17) is 23.2 Å². The third-order valence-corrected chi connectivity index (χ3v) is 5.54. The minimum Gasteiger partial charge on any atom is -0.476 e. The highest BCUT2D eigenvalue weighted by atomic mass is 35.5. The molecule has 22 heavy (non-hydrogen) atoms. The summed E-state index contributed by atoms with van der Waals surface area (Å²) < 4.78 is 24.9. The lowest BCUT2D eigenvalue weighted by Gasteiger charge is -2.15. The fourth-order valence-corrected chi connectivity index (χ4v) is 4.34. The van der Waals surface area contributed by atoms with E-state index in [9.17, 15) is 18.3 Å². The van der Waals surface area contributed by atoms with Crippen molar-refractivity contribution in [1.29, 1.82) is 0 Å². The molecule has 116 valence electrons. The highest BCUT2D eigenvalue weighted by molar-refractivity contribution is 7.90. The van der Waals surface area contributed by atoms with Crippen molar-refractivity contribution in [2.45, 2.75) is 12.2 Å². The summed E-state index contributed by atoms with van der Waals surface area (Å²) in [6.07, 6.45) is 0.191. The summed E-state index contributed by atoms with van der Waals surface area (Å²) >= 11 is 12.0. The summed E-state index contributed by atoms with van der Waals surface area (Å²) in [6, 6.07) is 4.75. The lowest BCUT2D eigenvalue weighted by atomic mass is 10.1. The number of carboxylic acid groups (broad SMARTS) is 1. The first-order chi connectivity index (χ1) is 10.3. The number of fused-ring (bicyclic) bond motifs is 1. The van der Waals surface area contributed by atoms with E-state index in [0.717, 1.165) is 0 Å². The zero-order valence-corrected chi connectivity index (χ0v) is 13.4. The summed E-state index contributed by atoms with van der Waals surface area (Å²) in [5.74, 6) is -1.64. The Morgan fingerprint density at radius 3 is 2.68 bits per heavy atom. The van der Waals surface area contributed by atoms with Crippen molar-refractivity contribution in [2.24, 2.45) is 0 Å². The maximum atomic E-state index is 11.8. The monoisotopic (exact) mass is 360 g/mol. The summed E-state index contributed by atoms with van der Waals surface area (Å²) in [7, 11) is -3.31. The lowest BCUT2D eigenvalue weighted by Crippen LogP contribution is -2.21. The van der Waals surface area contributed by atoms with Crippen molar-refractivity contribution in [1.82, 2.24) is 9.78 Å². The predicted octanol–water partition coefficient (Wildman–Crippen LogP) is 2.35. The van der Waals surface area contributed by atoms with Gasteiger partial charge in [-0.25, -0.2) is 17.9 Å². The molecule has 0 saturated heterocycles. The van der Waals surface area contributed by atoms with E-state index in [-0.39, 0.29) is 29.2 Å². The Balaban J connectivity index is 2.24. The van der Waals surface area contributed by atoms with E-state index in [1.165, 1.54) is 10.7 Å². The Morgan fingerprint density at radius 1 is 1.32 bits per heavy atom. The van der Waals surface area contributed by atoms with E-state index >= 15 is 0 Å². The van der Waals surface area contributed by atoms with Gasteiger partial charge < -0.3 is 5.11 Å². The second-order valence-corrected chi connectivity index (χ2v) is 7.96. The van der Waals surface area contributed by atoms with Crippen LogP contribution in [0.25, 0.3) is 5.69 Å². The fraction of sp³-hybridized carbons (Fsp3) is 0.231. The van der Waals surface area contributed by atoms with Gasteiger partial charge in [0.05, 0.1) is 27.9 Å². The molecule has 0 atom stereocenters. The Kier molecular flexibility index (Phi) is 3.66. The van der Waals surface area contributed by atoms with Gasteiger partial charge in [0.15, 0.2) is 15.5 Å². The number of nitrogens with zero attached hydrogens (tertiary/aromatic N) is 2. The highest BCUT2D eigenvalue weighted by Gasteiger charge is 2.32. The third-order valence-electron chi connectivity index (χ3n) is 3.44. The first-order valence-corrected chi connectivity index (χ1v) is 8.86. The minimum absolute atomic E-state index is 0.0457. The Bertz CT molecular complexity index is 890. The average molecular weight is 361 g/mol. The zero-order chi connectivity index (χ0) is 16.1. The first-order valence-electron chi connectivity index (χ1n) is 6.28. The van der Waals surface area contributed by atoms with Crippen molar-refractivity contribution in [3.05, 3.63) is 45.2 Å². The molecular weight excluding hydrogens is 351 g/mol. The largest absolute Gasteiger partial charge is 0.476 e. The molecule has 0 unspecified atom stereocenters. The third kappa shape index (κ3) is 2.60. The van der Waals surface area contributed by atoms with Gasteiger partial charge in [-0.2, -0.15) is 5.10 Å². The predicted molar refractivity (Wildman–Crippen MR) is 81.7 cm³/mol. The summed E-state index contributed by atoms with van der Waals surface area (Å²) in [5, 5.41) is 14.1. The van der Waals surface area contributed by atoms with Crippen LogP contribution in [0.5, 0.6) is 0 Å². The molecule has 1 aliphatic heterocycles. The topological polar surface area (TPSA) is 89.3 Å². The number of benzene rings is 1. The highest BCUT2D eigenvalue weighted by Crippen LogP contribution is 2.30. The molecule has 0 fully saturated rings. The number of aromatic nitrogens is 2. The van der Waals surface area contributed by atoms with E-state index < -0.39 is 15.8 Å². The number of sulfone groups is 1. The van der Waals surface area contributed by atoms with Gasteiger partial charge in [-0.05, 0) is 18.2 Å². The first kappa shape index (κ1) is 15.3. The zero-order valence-electron chi connectivity index (χ0n) is 11.1. The van der Waals surface area contributed by atoms with Crippen molar-refractivity contribution >= 4 is 39.0 Å². The molecule has 1 aromatic heterocycles. The SMILES string of the molecule is O=C(O)c1nn(-c2ccc(Cl)cc2Cl)c2c1CS(=O)(=O)CC2. The molecule has 0 aliphatic carbocycles. The number of carbonyl (C=O) groups is 1. The molecule has 0 amide bonds. The van der Waals surface area contributed by atoms with E-state index in [1.54, 1.807) is 12.1 Å². The Hall–Kier alpha value is -1.57. The molecule has 9 heteroatoms. The van der Waals surface area contributed by atoms with Gasteiger partial charge in [0, 0.05) is 17.0 Å². The normalized spacial score (nSPS) is 16.3. The maximum absolute atomic E-state index is 11.8. The quantitative estimate of drug-likeness (QED) is 0.887. The summed E-state index contributed by atoms with van der Waals surface area (Å²) in [4.78, 5) is 11.3. The van der Waals surface area contributed by atoms with Gasteiger partial charge >= 0.3 is 5.97 Å². The van der Waals surface area contributed by atoms with Gasteiger partial charge in [-0.15, -0.1) is 0 Å². The lowest BCUT2D eigenvalue weighted by molar-refractivity contribution is 0.0689. The number of hydrogen-bond donors (Lipinski definition) is 1. The molecule has 1 N–H and O–H groups in total. The Labute approximate surface area is 136 Å². The van der Waals surface area contributed by atoms with E-state index in [2.05, 4.69) is 5.10 Å². The smallest absolute Gasteiger partial charge is 0.356 e. The van der Waals surface area contributed by atoms with Gasteiger partial charge in [-0.3, -0.25) is 0 Å². The Morgan fingerprint density at radius 2 is 2.05 bits per heavy atom. The number of halogens is 2. The molecule has 0 bridgehead atoms. The number of rotatable bonds is 2. The van der Waals surface area contributed by atoms with Gasteiger partial charge in [0.1, 0.15) is 0 Å². The average Bonchev–Trinajstić information content (AvgIpc) is 2.76. The van der Waals surface area contributed by atoms with Crippen LogP contribution in [-0.4, -0.2) is 35.0 Å². The van der Waals surface area contributed by atoms with Crippen LogP contribution < -0.4 is 0 Å². The fourth-order valence-electron chi connectivity index (χ4n) is 2.46. The second-order valence-electron chi connectivity index (χ2n) is 4.93. The van der Waals surface area contributed by atoms with Gasteiger partial charge in [0.2, 0.25) is 0 Å². The van der Waals surface area contributed by atoms with Crippen molar-refractivity contribution in [3.63, 3.8) is 0 Å². The number of carboxylic acids is 1. The molecule has 2 aromatic rings.